The number of guanidine groups is 1. The first-order valence-electron chi connectivity index (χ1n) is 10.8. The molecular weight excluding hydrogens is 515 g/mol. The lowest BCUT2D eigenvalue weighted by molar-refractivity contribution is -0.142. The molecule has 2 heterocycles. The molecular formula is C22H32ClIN4O2. The fraction of sp³-hybridized carbons (Fsp3) is 0.636. The number of carbonyl (C=O) groups is 1. The summed E-state index contributed by atoms with van der Waals surface area (Å²) in [6.45, 7) is 7.45. The minimum absolute atomic E-state index is 0. The second-order valence-electron chi connectivity index (χ2n) is 8.27. The van der Waals surface area contributed by atoms with Crippen LogP contribution in [0, 0.1) is 0 Å². The number of nitrogens with one attached hydrogen (secondary N) is 1. The Hall–Kier alpha value is -1.06. The second kappa shape index (κ2) is 10.5. The van der Waals surface area contributed by atoms with Crippen molar-refractivity contribution in [3.63, 3.8) is 0 Å². The first-order valence-corrected chi connectivity index (χ1v) is 11.2. The SMILES string of the molecule is CCNC(=NCC1(c2cccc(Cl)c2)CC1)N1CCN(C(=O)C2CCCO2)CC1.I. The van der Waals surface area contributed by atoms with Crippen molar-refractivity contribution in [3.05, 3.63) is 34.9 Å². The van der Waals surface area contributed by atoms with E-state index in [0.29, 0.717) is 6.61 Å². The van der Waals surface area contributed by atoms with E-state index in [4.69, 9.17) is 21.3 Å². The number of carbonyl (C=O) groups excluding carboxylic acids is 1. The van der Waals surface area contributed by atoms with Crippen LogP contribution < -0.4 is 5.32 Å². The van der Waals surface area contributed by atoms with Crippen molar-refractivity contribution >= 4 is 47.4 Å². The van der Waals surface area contributed by atoms with Gasteiger partial charge < -0.3 is 19.9 Å². The molecule has 2 saturated heterocycles. The number of halogens is 2. The van der Waals surface area contributed by atoms with Gasteiger partial charge in [-0.05, 0) is 50.3 Å². The zero-order chi connectivity index (χ0) is 20.3. The van der Waals surface area contributed by atoms with Crippen molar-refractivity contribution in [2.45, 2.75) is 44.1 Å². The van der Waals surface area contributed by atoms with Crippen LogP contribution in [-0.2, 0) is 14.9 Å². The van der Waals surface area contributed by atoms with Gasteiger partial charge in [-0.3, -0.25) is 9.79 Å². The molecule has 1 amide bonds. The van der Waals surface area contributed by atoms with Gasteiger partial charge in [-0.1, -0.05) is 23.7 Å². The monoisotopic (exact) mass is 546 g/mol. The fourth-order valence-corrected chi connectivity index (χ4v) is 4.46. The van der Waals surface area contributed by atoms with Crippen LogP contribution in [0.1, 0.15) is 38.2 Å². The van der Waals surface area contributed by atoms with Gasteiger partial charge in [0.25, 0.3) is 5.91 Å². The molecule has 6 nitrogen and oxygen atoms in total. The Kier molecular flexibility index (Phi) is 8.26. The van der Waals surface area contributed by atoms with Crippen molar-refractivity contribution in [2.24, 2.45) is 4.99 Å². The van der Waals surface area contributed by atoms with Crippen molar-refractivity contribution < 1.29 is 9.53 Å². The molecule has 1 unspecified atom stereocenters. The molecule has 1 N–H and O–H groups in total. The summed E-state index contributed by atoms with van der Waals surface area (Å²) in [7, 11) is 0. The van der Waals surface area contributed by atoms with Crippen LogP contribution >= 0.6 is 35.6 Å². The third-order valence-corrected chi connectivity index (χ3v) is 6.49. The van der Waals surface area contributed by atoms with Crippen LogP contribution in [0.25, 0.3) is 0 Å². The highest BCUT2D eigenvalue weighted by Gasteiger charge is 2.44. The number of hydrogen-bond acceptors (Lipinski definition) is 3. The molecule has 0 bridgehead atoms. The van der Waals surface area contributed by atoms with E-state index in [1.807, 2.05) is 17.0 Å². The van der Waals surface area contributed by atoms with Gasteiger partial charge in [0.1, 0.15) is 6.10 Å². The highest BCUT2D eigenvalue weighted by molar-refractivity contribution is 14.0. The number of hydrogen-bond donors (Lipinski definition) is 1. The minimum atomic E-state index is -0.226. The molecule has 2 aliphatic heterocycles. The van der Waals surface area contributed by atoms with Gasteiger partial charge in [0.2, 0.25) is 0 Å². The summed E-state index contributed by atoms with van der Waals surface area (Å²) < 4.78 is 5.56. The van der Waals surface area contributed by atoms with Crippen LogP contribution in [0.5, 0.6) is 0 Å². The number of nitrogens with zero attached hydrogens (tertiary/aromatic N) is 3. The average Bonchev–Trinajstić information content (AvgIpc) is 3.34. The van der Waals surface area contributed by atoms with Gasteiger partial charge in [0.15, 0.2) is 5.96 Å². The van der Waals surface area contributed by atoms with E-state index in [1.165, 1.54) is 5.56 Å². The summed E-state index contributed by atoms with van der Waals surface area (Å²) in [5.41, 5.74) is 1.42. The molecule has 166 valence electrons. The Morgan fingerprint density at radius 2 is 2.00 bits per heavy atom. The Labute approximate surface area is 201 Å². The van der Waals surface area contributed by atoms with Crippen molar-refractivity contribution in [2.75, 3.05) is 45.9 Å². The highest BCUT2D eigenvalue weighted by atomic mass is 127. The Balaban J connectivity index is 0.00000256. The van der Waals surface area contributed by atoms with Crippen molar-refractivity contribution in [1.29, 1.82) is 0 Å². The molecule has 3 fully saturated rings. The van der Waals surface area contributed by atoms with E-state index in [9.17, 15) is 4.79 Å². The maximum absolute atomic E-state index is 12.6. The zero-order valence-corrected chi connectivity index (χ0v) is 20.7. The largest absolute Gasteiger partial charge is 0.368 e. The Bertz CT molecular complexity index is 757. The molecule has 0 aromatic heterocycles. The summed E-state index contributed by atoms with van der Waals surface area (Å²) >= 11 is 6.20. The van der Waals surface area contributed by atoms with Gasteiger partial charge in [-0.25, -0.2) is 0 Å². The van der Waals surface area contributed by atoms with Gasteiger partial charge in [0.05, 0.1) is 6.54 Å². The molecule has 1 aliphatic carbocycles. The third kappa shape index (κ3) is 5.40. The zero-order valence-electron chi connectivity index (χ0n) is 17.6. The number of ether oxygens (including phenoxy) is 1. The van der Waals surface area contributed by atoms with Gasteiger partial charge in [0, 0.05) is 49.8 Å². The van der Waals surface area contributed by atoms with Crippen molar-refractivity contribution in [1.82, 2.24) is 15.1 Å². The van der Waals surface area contributed by atoms with Crippen molar-refractivity contribution in [3.8, 4) is 0 Å². The quantitative estimate of drug-likeness (QED) is 0.350. The number of amides is 1. The molecule has 8 heteroatoms. The third-order valence-electron chi connectivity index (χ3n) is 6.25. The summed E-state index contributed by atoms with van der Waals surface area (Å²) in [6, 6.07) is 8.19. The molecule has 1 aromatic carbocycles. The summed E-state index contributed by atoms with van der Waals surface area (Å²) in [4.78, 5) is 21.8. The normalized spacial score (nSPS) is 23.1. The number of aliphatic imine (C=N–C) groups is 1. The van der Waals surface area contributed by atoms with Crippen LogP contribution in [0.4, 0.5) is 0 Å². The standard InChI is InChI=1S/C22H31ClN4O2.HI/c1-2-24-21(25-16-22(8-9-22)17-5-3-6-18(23)15-17)27-12-10-26(11-13-27)20(28)19-7-4-14-29-19;/h3,5-6,15,19H,2,4,7-14,16H2,1H3,(H,24,25);1H. The molecule has 4 rings (SSSR count). The maximum atomic E-state index is 12.6. The van der Waals surface area contributed by atoms with Gasteiger partial charge in [-0.2, -0.15) is 0 Å². The molecule has 0 spiro atoms. The van der Waals surface area contributed by atoms with Crippen LogP contribution in [0.2, 0.25) is 5.02 Å². The molecule has 1 atom stereocenters. The van der Waals surface area contributed by atoms with Crippen LogP contribution in [0.3, 0.4) is 0 Å². The summed E-state index contributed by atoms with van der Waals surface area (Å²) in [5.74, 6) is 1.10. The predicted octanol–water partition coefficient (Wildman–Crippen LogP) is 3.28. The molecule has 3 aliphatic rings. The van der Waals surface area contributed by atoms with Crippen LogP contribution in [-0.4, -0.2) is 73.6 Å². The van der Waals surface area contributed by atoms with Gasteiger partial charge in [-0.15, -0.1) is 24.0 Å². The Morgan fingerprint density at radius 3 is 2.60 bits per heavy atom. The molecule has 0 radical (unpaired) electrons. The lowest BCUT2D eigenvalue weighted by Gasteiger charge is -2.37. The minimum Gasteiger partial charge on any atom is -0.368 e. The topological polar surface area (TPSA) is 57.2 Å². The lowest BCUT2D eigenvalue weighted by Crippen LogP contribution is -2.55. The smallest absolute Gasteiger partial charge is 0.251 e. The van der Waals surface area contributed by atoms with E-state index >= 15 is 0 Å². The molecule has 1 saturated carbocycles. The fourth-order valence-electron chi connectivity index (χ4n) is 4.27. The second-order valence-corrected chi connectivity index (χ2v) is 8.71. The summed E-state index contributed by atoms with van der Waals surface area (Å²) in [6.07, 6.45) is 3.92. The molecule has 1 aromatic rings. The first kappa shape index (κ1) is 23.6. The van der Waals surface area contributed by atoms with E-state index in [-0.39, 0.29) is 41.4 Å². The Morgan fingerprint density at radius 1 is 1.27 bits per heavy atom. The first-order chi connectivity index (χ1) is 14.1. The average molecular weight is 547 g/mol. The predicted molar refractivity (Wildman–Crippen MR) is 131 cm³/mol. The van der Waals surface area contributed by atoms with E-state index in [1.54, 1.807) is 0 Å². The summed E-state index contributed by atoms with van der Waals surface area (Å²) in [5, 5.41) is 4.23. The van der Waals surface area contributed by atoms with Gasteiger partial charge >= 0.3 is 0 Å². The number of rotatable bonds is 5. The maximum Gasteiger partial charge on any atom is 0.251 e. The highest BCUT2D eigenvalue weighted by Crippen LogP contribution is 2.48. The number of piperazine rings is 1. The number of benzene rings is 1. The molecule has 30 heavy (non-hydrogen) atoms. The van der Waals surface area contributed by atoms with E-state index in [0.717, 1.165) is 75.9 Å². The lowest BCUT2D eigenvalue weighted by atomic mass is 9.96. The van der Waals surface area contributed by atoms with E-state index in [2.05, 4.69) is 29.3 Å². The van der Waals surface area contributed by atoms with E-state index < -0.39 is 0 Å². The van der Waals surface area contributed by atoms with Crippen LogP contribution in [0.15, 0.2) is 29.3 Å².